The van der Waals surface area contributed by atoms with Gasteiger partial charge in [0.05, 0.1) is 0 Å². The Morgan fingerprint density at radius 2 is 1.81 bits per heavy atom. The minimum absolute atomic E-state index is 0.00870. The van der Waals surface area contributed by atoms with Crippen LogP contribution in [0.3, 0.4) is 0 Å². The molecule has 0 aliphatic heterocycles. The SMILES string of the molecule is CCCc1nc(-c2ccc(C(F)F)cc2)c(N)n1C(C)C. The number of aromatic nitrogens is 2. The zero-order valence-corrected chi connectivity index (χ0v) is 12.6. The van der Waals surface area contributed by atoms with E-state index < -0.39 is 6.43 Å². The van der Waals surface area contributed by atoms with Crippen LogP contribution >= 0.6 is 0 Å². The summed E-state index contributed by atoms with van der Waals surface area (Å²) < 4.78 is 27.2. The molecule has 0 fully saturated rings. The standard InChI is InChI=1S/C16H21F2N3/c1-4-5-13-20-14(16(19)21(13)10(2)3)11-6-8-12(9-7-11)15(17)18/h6-10,15H,4-5,19H2,1-3H3. The summed E-state index contributed by atoms with van der Waals surface area (Å²) in [7, 11) is 0. The maximum atomic E-state index is 12.6. The van der Waals surface area contributed by atoms with Crippen LogP contribution in [0, 0.1) is 0 Å². The van der Waals surface area contributed by atoms with E-state index in [2.05, 4.69) is 25.8 Å². The van der Waals surface area contributed by atoms with E-state index >= 15 is 0 Å². The van der Waals surface area contributed by atoms with Crippen LogP contribution < -0.4 is 5.73 Å². The molecule has 0 saturated heterocycles. The van der Waals surface area contributed by atoms with Gasteiger partial charge in [-0.15, -0.1) is 0 Å². The van der Waals surface area contributed by atoms with Crippen LogP contribution in [-0.4, -0.2) is 9.55 Å². The monoisotopic (exact) mass is 293 g/mol. The van der Waals surface area contributed by atoms with E-state index in [0.717, 1.165) is 24.2 Å². The molecule has 2 aromatic rings. The Labute approximate surface area is 123 Å². The van der Waals surface area contributed by atoms with Crippen molar-refractivity contribution in [1.29, 1.82) is 0 Å². The number of nitrogens with two attached hydrogens (primary N) is 1. The smallest absolute Gasteiger partial charge is 0.263 e. The van der Waals surface area contributed by atoms with E-state index in [4.69, 9.17) is 5.73 Å². The number of halogens is 2. The molecule has 0 unspecified atom stereocenters. The number of anilines is 1. The Balaban J connectivity index is 2.46. The highest BCUT2D eigenvalue weighted by molar-refractivity contribution is 5.71. The van der Waals surface area contributed by atoms with Gasteiger partial charge < -0.3 is 10.3 Å². The van der Waals surface area contributed by atoms with Gasteiger partial charge in [0.1, 0.15) is 17.3 Å². The van der Waals surface area contributed by atoms with Crippen molar-refractivity contribution >= 4 is 5.82 Å². The molecule has 0 radical (unpaired) electrons. The van der Waals surface area contributed by atoms with Crippen molar-refractivity contribution in [3.8, 4) is 11.3 Å². The number of hydrogen-bond acceptors (Lipinski definition) is 2. The lowest BCUT2D eigenvalue weighted by Crippen LogP contribution is -2.09. The Hall–Kier alpha value is -1.91. The fourth-order valence-electron chi connectivity index (χ4n) is 2.47. The highest BCUT2D eigenvalue weighted by Gasteiger charge is 2.18. The molecule has 0 spiro atoms. The minimum Gasteiger partial charge on any atom is -0.383 e. The molecule has 2 rings (SSSR count). The summed E-state index contributed by atoms with van der Waals surface area (Å²) >= 11 is 0. The second-order valence-corrected chi connectivity index (χ2v) is 5.40. The Bertz CT molecular complexity index is 601. The van der Waals surface area contributed by atoms with Crippen molar-refractivity contribution in [2.24, 2.45) is 0 Å². The normalized spacial score (nSPS) is 11.6. The Kier molecular flexibility index (Phi) is 4.60. The van der Waals surface area contributed by atoms with Gasteiger partial charge >= 0.3 is 0 Å². The number of imidazole rings is 1. The molecule has 1 aromatic heterocycles. The summed E-state index contributed by atoms with van der Waals surface area (Å²) in [5.41, 5.74) is 7.67. The number of nitrogens with zero attached hydrogens (tertiary/aromatic N) is 2. The molecule has 0 atom stereocenters. The lowest BCUT2D eigenvalue weighted by Gasteiger charge is -2.13. The van der Waals surface area contributed by atoms with Gasteiger partial charge in [0, 0.05) is 23.6 Å². The molecule has 21 heavy (non-hydrogen) atoms. The molecular weight excluding hydrogens is 272 g/mol. The number of rotatable bonds is 5. The summed E-state index contributed by atoms with van der Waals surface area (Å²) in [5.74, 6) is 1.54. The summed E-state index contributed by atoms with van der Waals surface area (Å²) in [4.78, 5) is 4.62. The lowest BCUT2D eigenvalue weighted by atomic mass is 10.1. The van der Waals surface area contributed by atoms with E-state index in [0.29, 0.717) is 11.5 Å². The first-order chi connectivity index (χ1) is 9.95. The number of alkyl halides is 2. The van der Waals surface area contributed by atoms with Crippen LogP contribution in [0.4, 0.5) is 14.6 Å². The number of hydrogen-bond donors (Lipinski definition) is 1. The summed E-state index contributed by atoms with van der Waals surface area (Å²) in [6.07, 6.45) is -0.634. The second kappa shape index (κ2) is 6.24. The number of benzene rings is 1. The predicted molar refractivity (Wildman–Crippen MR) is 81.4 cm³/mol. The largest absolute Gasteiger partial charge is 0.383 e. The molecule has 1 heterocycles. The van der Waals surface area contributed by atoms with Gasteiger partial charge in [-0.2, -0.15) is 0 Å². The summed E-state index contributed by atoms with van der Waals surface area (Å²) in [6.45, 7) is 6.20. The molecule has 0 bridgehead atoms. The molecular formula is C16H21F2N3. The van der Waals surface area contributed by atoms with Crippen molar-refractivity contribution in [2.75, 3.05) is 5.73 Å². The van der Waals surface area contributed by atoms with Crippen LogP contribution in [0.25, 0.3) is 11.3 Å². The minimum atomic E-state index is -2.46. The van der Waals surface area contributed by atoms with E-state index in [-0.39, 0.29) is 11.6 Å². The first-order valence-corrected chi connectivity index (χ1v) is 7.20. The summed E-state index contributed by atoms with van der Waals surface area (Å²) in [5, 5.41) is 0. The zero-order valence-electron chi connectivity index (χ0n) is 12.6. The third kappa shape index (κ3) is 3.06. The maximum absolute atomic E-state index is 12.6. The Morgan fingerprint density at radius 1 is 1.19 bits per heavy atom. The van der Waals surface area contributed by atoms with Gasteiger partial charge in [-0.25, -0.2) is 13.8 Å². The van der Waals surface area contributed by atoms with Gasteiger partial charge in [-0.1, -0.05) is 31.2 Å². The molecule has 0 aliphatic carbocycles. The highest BCUT2D eigenvalue weighted by Crippen LogP contribution is 2.31. The fourth-order valence-corrected chi connectivity index (χ4v) is 2.47. The summed E-state index contributed by atoms with van der Waals surface area (Å²) in [6, 6.07) is 6.37. The highest BCUT2D eigenvalue weighted by atomic mass is 19.3. The van der Waals surface area contributed by atoms with E-state index in [1.165, 1.54) is 12.1 Å². The quantitative estimate of drug-likeness (QED) is 0.875. The van der Waals surface area contributed by atoms with Gasteiger partial charge in [0.2, 0.25) is 0 Å². The first-order valence-electron chi connectivity index (χ1n) is 7.20. The van der Waals surface area contributed by atoms with Crippen molar-refractivity contribution in [3.05, 3.63) is 35.7 Å². The third-order valence-corrected chi connectivity index (χ3v) is 3.45. The van der Waals surface area contributed by atoms with Crippen LogP contribution in [0.15, 0.2) is 24.3 Å². The van der Waals surface area contributed by atoms with Gasteiger partial charge in [0.25, 0.3) is 6.43 Å². The molecule has 5 heteroatoms. The molecule has 1 aromatic carbocycles. The van der Waals surface area contributed by atoms with E-state index in [1.54, 1.807) is 12.1 Å². The van der Waals surface area contributed by atoms with Crippen LogP contribution in [0.1, 0.15) is 51.0 Å². The number of nitrogen functional groups attached to an aromatic ring is 1. The average molecular weight is 293 g/mol. The molecule has 0 aliphatic rings. The predicted octanol–water partition coefficient (Wildman–Crippen LogP) is 4.60. The lowest BCUT2D eigenvalue weighted by molar-refractivity contribution is 0.151. The number of aryl methyl sites for hydroxylation is 1. The molecule has 2 N–H and O–H groups in total. The molecule has 0 saturated carbocycles. The van der Waals surface area contributed by atoms with E-state index in [9.17, 15) is 8.78 Å². The van der Waals surface area contributed by atoms with Crippen molar-refractivity contribution in [1.82, 2.24) is 9.55 Å². The van der Waals surface area contributed by atoms with Crippen LogP contribution in [0.2, 0.25) is 0 Å². The third-order valence-electron chi connectivity index (χ3n) is 3.45. The fraction of sp³-hybridized carbons (Fsp3) is 0.438. The average Bonchev–Trinajstić information content (AvgIpc) is 2.76. The van der Waals surface area contributed by atoms with Crippen LogP contribution in [0.5, 0.6) is 0 Å². The Morgan fingerprint density at radius 3 is 2.29 bits per heavy atom. The van der Waals surface area contributed by atoms with E-state index in [1.807, 2.05) is 4.57 Å². The first kappa shape index (κ1) is 15.5. The van der Waals surface area contributed by atoms with Gasteiger partial charge in [0.15, 0.2) is 0 Å². The van der Waals surface area contributed by atoms with Crippen molar-refractivity contribution < 1.29 is 8.78 Å². The second-order valence-electron chi connectivity index (χ2n) is 5.40. The van der Waals surface area contributed by atoms with Crippen LogP contribution in [-0.2, 0) is 6.42 Å². The maximum Gasteiger partial charge on any atom is 0.263 e. The molecule has 3 nitrogen and oxygen atoms in total. The van der Waals surface area contributed by atoms with Gasteiger partial charge in [-0.05, 0) is 20.3 Å². The van der Waals surface area contributed by atoms with Crippen molar-refractivity contribution in [3.63, 3.8) is 0 Å². The zero-order chi connectivity index (χ0) is 15.6. The molecule has 114 valence electrons. The molecule has 0 amide bonds. The van der Waals surface area contributed by atoms with Crippen molar-refractivity contribution in [2.45, 2.75) is 46.1 Å². The van der Waals surface area contributed by atoms with Gasteiger partial charge in [-0.3, -0.25) is 0 Å². The topological polar surface area (TPSA) is 43.8 Å².